The number of aromatic amines is 2. The van der Waals surface area contributed by atoms with Crippen LogP contribution in [0, 0.1) is 62.1 Å². The van der Waals surface area contributed by atoms with Crippen molar-refractivity contribution in [1.82, 2.24) is 14.5 Å². The van der Waals surface area contributed by atoms with E-state index in [1.54, 1.807) is 0 Å². The third-order valence-electron chi connectivity index (χ3n) is 28.9. The molecule has 5 aromatic rings. The third kappa shape index (κ3) is 7.50. The number of nitrogens with zero attached hydrogens (tertiary/aromatic N) is 1. The number of carbonyl (C=O) groups excluding carboxylic acids is 2. The average Bonchev–Trinajstić information content (AvgIpc) is 1.13. The van der Waals surface area contributed by atoms with E-state index in [2.05, 4.69) is 124 Å². The standard InChI is InChI=1S/C77H97N3O6/c1-71(2)70(86-71)58(82)37-72(3)24-19-50-39-79-65-54(34-45-32-51(46-15-9-8-10-16-46)35-52(33-45)47-22-27-85-28-23-47)41-80(66(50)65)42-55-61-62(72)57(81)38-74(61,5)73(4)25-21-59-75(6)56-18-12-17-48(56)30-43-13-11-14-44(29-43)31-53-40-78-64-49-20-26-77(36-49,63(60(53)64)69(75)84)76(59,7)68(73)67(55)83/h11,13-14,29,32-33,35,39-41,46-49,55-56,58-59,63,67-68,70,78-79,82-83H,8-10,12,15-28,30-31,34,36-38,42H2,1-7H3. The minimum Gasteiger partial charge on any atom is -0.392 e. The molecule has 16 atom stereocenters. The van der Waals surface area contributed by atoms with Crippen LogP contribution in [0.25, 0.3) is 11.0 Å². The first-order valence-electron chi connectivity index (χ1n) is 34.8. The molecule has 16 unspecified atom stereocenters. The molecule has 1 spiro atoms. The van der Waals surface area contributed by atoms with Crippen LogP contribution in [0.3, 0.4) is 0 Å². The van der Waals surface area contributed by atoms with Crippen LogP contribution >= 0.6 is 0 Å². The number of aliphatic hydroxyl groups excluding tert-OH is 2. The molecular formula is C77H97N3O6. The Labute approximate surface area is 511 Å². The molecule has 3 aromatic heterocycles. The Morgan fingerprint density at radius 3 is 2.33 bits per heavy atom. The van der Waals surface area contributed by atoms with E-state index in [4.69, 9.17) is 9.47 Å². The fraction of sp³-hybridized carbons (Fsp3) is 0.662. The lowest BCUT2D eigenvalue weighted by Gasteiger charge is -2.76. The average molecular weight is 1160 g/mol. The van der Waals surface area contributed by atoms with Crippen molar-refractivity contribution in [1.29, 1.82) is 0 Å². The summed E-state index contributed by atoms with van der Waals surface area (Å²) in [5, 5.41) is 27.4. The van der Waals surface area contributed by atoms with Gasteiger partial charge in [0.2, 0.25) is 0 Å². The number of aliphatic hydroxyl groups is 2. The Kier molecular flexibility index (Phi) is 12.3. The maximum absolute atomic E-state index is 17.1. The van der Waals surface area contributed by atoms with Crippen molar-refractivity contribution in [3.05, 3.63) is 128 Å². The number of hydrogen-bond donors (Lipinski definition) is 4. The summed E-state index contributed by atoms with van der Waals surface area (Å²) >= 11 is 0. The first kappa shape index (κ1) is 55.5. The summed E-state index contributed by atoms with van der Waals surface area (Å²) in [6.45, 7) is 18.9. The lowest BCUT2D eigenvalue weighted by Crippen LogP contribution is -2.75. The van der Waals surface area contributed by atoms with Crippen LogP contribution in [0.2, 0.25) is 0 Å². The van der Waals surface area contributed by atoms with Gasteiger partial charge >= 0.3 is 0 Å². The highest BCUT2D eigenvalue weighted by Gasteiger charge is 2.81. The fourth-order valence-corrected chi connectivity index (χ4v) is 24.9. The van der Waals surface area contributed by atoms with Crippen molar-refractivity contribution in [3.8, 4) is 0 Å². The van der Waals surface area contributed by atoms with Crippen molar-refractivity contribution in [2.45, 2.75) is 244 Å². The molecule has 6 heterocycles. The van der Waals surface area contributed by atoms with Gasteiger partial charge in [0.25, 0.3) is 0 Å². The molecule has 9 aliphatic carbocycles. The zero-order chi connectivity index (χ0) is 58.8. The Morgan fingerprint density at radius 2 is 1.55 bits per heavy atom. The number of aryl methyl sites for hydroxylation is 1. The number of rotatable bonds is 7. The van der Waals surface area contributed by atoms with Gasteiger partial charge in [-0.1, -0.05) is 103 Å². The summed E-state index contributed by atoms with van der Waals surface area (Å²) in [7, 11) is 0. The molecule has 4 N–H and O–H groups in total. The lowest BCUT2D eigenvalue weighted by molar-refractivity contribution is -0.272. The van der Waals surface area contributed by atoms with Crippen LogP contribution in [0.4, 0.5) is 0 Å². The lowest BCUT2D eigenvalue weighted by atomic mass is 9.27. The Morgan fingerprint density at radius 1 is 0.791 bits per heavy atom. The first-order chi connectivity index (χ1) is 41.3. The number of H-pyrrole nitrogens is 2. The van der Waals surface area contributed by atoms with Crippen LogP contribution in [-0.4, -0.2) is 73.4 Å². The van der Waals surface area contributed by atoms with Gasteiger partial charge in [-0.15, -0.1) is 0 Å². The Balaban J connectivity index is 0.853. The molecule has 0 radical (unpaired) electrons. The SMILES string of the molecule is CC1(CC(O)C2OC2(C)C)CCc2c[nH]c3c(Cc4cc(C5CCCCC5)cc(C5CCOCC5)c4)cn(c23)CC2C3=C1C(=O)CC3(C)C1(C)CCC3C4(C)C(=O)C5c6c(c[nH]c6C6CCC5(C6)C3(C)C1C2O)Cc1cccc(c1)CC1CCCC14. The number of benzene rings is 2. The zero-order valence-corrected chi connectivity index (χ0v) is 52.9. The summed E-state index contributed by atoms with van der Waals surface area (Å²) in [4.78, 5) is 41.1. The van der Waals surface area contributed by atoms with E-state index in [-0.39, 0.29) is 46.9 Å². The van der Waals surface area contributed by atoms with Gasteiger partial charge in [-0.25, -0.2) is 0 Å². The van der Waals surface area contributed by atoms with Crippen molar-refractivity contribution < 1.29 is 29.3 Å². The molecule has 9 heteroatoms. The number of carbonyl (C=O) groups is 2. The van der Waals surface area contributed by atoms with Gasteiger partial charge in [0.05, 0.1) is 34.8 Å². The predicted octanol–water partition coefficient (Wildman–Crippen LogP) is 15.2. The van der Waals surface area contributed by atoms with Gasteiger partial charge < -0.3 is 34.2 Å². The van der Waals surface area contributed by atoms with Crippen molar-refractivity contribution >= 4 is 22.6 Å². The molecular weight excluding hydrogens is 1060 g/mol. The summed E-state index contributed by atoms with van der Waals surface area (Å²) in [5.74, 6) is 2.12. The van der Waals surface area contributed by atoms with Gasteiger partial charge in [-0.3, -0.25) is 9.59 Å². The molecule has 9 nitrogen and oxygen atoms in total. The van der Waals surface area contributed by atoms with Gasteiger partial charge in [0.1, 0.15) is 11.9 Å². The van der Waals surface area contributed by atoms with Gasteiger partial charge in [0.15, 0.2) is 5.78 Å². The van der Waals surface area contributed by atoms with Gasteiger partial charge in [-0.2, -0.15) is 0 Å². The zero-order valence-electron chi connectivity index (χ0n) is 52.9. The summed E-state index contributed by atoms with van der Waals surface area (Å²) in [6.07, 6.45) is 26.9. The molecule has 0 amide bonds. The molecule has 2 saturated heterocycles. The minimum atomic E-state index is -0.787. The molecule has 86 heavy (non-hydrogen) atoms. The molecule has 12 aliphatic rings. The van der Waals surface area contributed by atoms with Crippen LogP contribution in [-0.2, 0) is 51.3 Å². The van der Waals surface area contributed by atoms with Crippen LogP contribution < -0.4 is 0 Å². The van der Waals surface area contributed by atoms with Crippen molar-refractivity contribution in [2.24, 2.45) is 62.1 Å². The number of hydrogen-bond acceptors (Lipinski definition) is 6. The molecule has 3 aliphatic heterocycles. The van der Waals surface area contributed by atoms with E-state index in [9.17, 15) is 5.11 Å². The second-order valence-corrected chi connectivity index (χ2v) is 33.1. The maximum Gasteiger partial charge on any atom is 0.160 e. The molecule has 6 bridgehead atoms. The third-order valence-corrected chi connectivity index (χ3v) is 28.9. The number of fused-ring (bicyclic) bond motifs is 12. The van der Waals surface area contributed by atoms with Gasteiger partial charge in [0, 0.05) is 79.2 Å². The van der Waals surface area contributed by atoms with Crippen molar-refractivity contribution in [3.63, 3.8) is 0 Å². The fourth-order valence-electron chi connectivity index (χ4n) is 24.9. The Bertz CT molecular complexity index is 3620. The molecule has 8 fully saturated rings. The summed E-state index contributed by atoms with van der Waals surface area (Å²) in [6, 6.07) is 17.1. The van der Waals surface area contributed by atoms with E-state index >= 15 is 14.7 Å². The van der Waals surface area contributed by atoms with Crippen LogP contribution in [0.5, 0.6) is 0 Å². The van der Waals surface area contributed by atoms with Crippen molar-refractivity contribution in [2.75, 3.05) is 13.2 Å². The van der Waals surface area contributed by atoms with E-state index in [0.717, 1.165) is 109 Å². The molecule has 2 aromatic carbocycles. The molecule has 17 rings (SSSR count). The number of nitrogens with one attached hydrogen (secondary N) is 2. The van der Waals surface area contributed by atoms with E-state index in [1.807, 2.05) is 0 Å². The second-order valence-electron chi connectivity index (χ2n) is 33.1. The number of epoxide rings is 1. The second kappa shape index (κ2) is 19.0. The smallest absolute Gasteiger partial charge is 0.160 e. The highest BCUT2D eigenvalue weighted by atomic mass is 16.6. The quantitative estimate of drug-likeness (QED) is 0.120. The summed E-state index contributed by atoms with van der Waals surface area (Å²) < 4.78 is 14.7. The summed E-state index contributed by atoms with van der Waals surface area (Å²) in [5.41, 5.74) is 14.6. The molecule has 6 saturated carbocycles. The number of Topliss-reactive ketones (excluding diaryl/α,β-unsaturated/α-hetero) is 2. The minimum absolute atomic E-state index is 0.0816. The normalized spacial score (nSPS) is 40.8. The maximum atomic E-state index is 17.1. The van der Waals surface area contributed by atoms with Gasteiger partial charge in [-0.05, 0) is 235 Å². The number of allylic oxidation sites excluding steroid dienone is 1. The number of ketones is 2. The first-order valence-corrected chi connectivity index (χ1v) is 34.8. The highest BCUT2D eigenvalue weighted by Crippen LogP contribution is 2.85. The van der Waals surface area contributed by atoms with E-state index in [1.165, 1.54) is 104 Å². The predicted molar refractivity (Wildman–Crippen MR) is 336 cm³/mol. The number of aromatic nitrogens is 3. The Hall–Kier alpha value is -4.54. The highest BCUT2D eigenvalue weighted by molar-refractivity contribution is 6.02. The van der Waals surface area contributed by atoms with E-state index in [0.29, 0.717) is 55.3 Å². The monoisotopic (exact) mass is 1160 g/mol. The van der Waals surface area contributed by atoms with Crippen LogP contribution in [0.15, 0.2) is 72.2 Å². The largest absolute Gasteiger partial charge is 0.392 e. The van der Waals surface area contributed by atoms with E-state index < -0.39 is 44.9 Å². The molecule has 456 valence electrons. The number of ether oxygens (including phenoxy) is 2. The topological polar surface area (TPSA) is 133 Å². The van der Waals surface area contributed by atoms with Crippen LogP contribution in [0.1, 0.15) is 243 Å².